The lowest BCUT2D eigenvalue weighted by molar-refractivity contribution is -0.116. The Kier molecular flexibility index (Phi) is 5.21. The molecular weight excluding hydrogens is 300 g/mol. The first-order chi connectivity index (χ1) is 10.5. The highest BCUT2D eigenvalue weighted by Gasteiger charge is 2.20. The Labute approximate surface area is 133 Å². The number of anilines is 1. The Hall–Kier alpha value is -2.28. The molecule has 0 aliphatic rings. The summed E-state index contributed by atoms with van der Waals surface area (Å²) in [4.78, 5) is 26.2. The lowest BCUT2D eigenvalue weighted by Crippen LogP contribution is -2.35. The van der Waals surface area contributed by atoms with E-state index in [1.165, 1.54) is 4.90 Å². The number of carbonyl (C=O) groups excluding carboxylic acids is 2. The summed E-state index contributed by atoms with van der Waals surface area (Å²) in [6.45, 7) is 3.87. The number of hydrogen-bond donors (Lipinski definition) is 1. The first-order valence-corrected chi connectivity index (χ1v) is 7.71. The van der Waals surface area contributed by atoms with Gasteiger partial charge in [0.1, 0.15) is 4.88 Å². The number of aromatic nitrogens is 2. The third kappa shape index (κ3) is 3.88. The summed E-state index contributed by atoms with van der Waals surface area (Å²) in [5.41, 5.74) is 2.50. The van der Waals surface area contributed by atoms with Crippen molar-refractivity contribution >= 4 is 29.0 Å². The smallest absolute Gasteiger partial charge is 0.267 e. The highest BCUT2D eigenvalue weighted by molar-refractivity contribution is 7.08. The van der Waals surface area contributed by atoms with Crippen molar-refractivity contribution in [1.29, 1.82) is 0 Å². The number of hydrogen-bond acceptors (Lipinski definition) is 5. The predicted molar refractivity (Wildman–Crippen MR) is 86.1 cm³/mol. The van der Waals surface area contributed by atoms with E-state index >= 15 is 0 Å². The Bertz CT molecular complexity index is 666. The highest BCUT2D eigenvalue weighted by atomic mass is 32.1. The minimum Gasteiger partial charge on any atom is -0.332 e. The van der Waals surface area contributed by atoms with Gasteiger partial charge in [0, 0.05) is 12.7 Å². The molecule has 2 rings (SSSR count). The average molecular weight is 318 g/mol. The summed E-state index contributed by atoms with van der Waals surface area (Å²) in [5, 5.41) is 6.68. The molecule has 0 saturated carbocycles. The van der Waals surface area contributed by atoms with Crippen LogP contribution in [0.15, 0.2) is 24.3 Å². The third-order valence-corrected chi connectivity index (χ3v) is 3.90. The summed E-state index contributed by atoms with van der Waals surface area (Å²) in [6.07, 6.45) is 0.640. The molecule has 1 aromatic heterocycles. The zero-order chi connectivity index (χ0) is 16.1. The Morgan fingerprint density at radius 1 is 1.27 bits per heavy atom. The summed E-state index contributed by atoms with van der Waals surface area (Å²) < 4.78 is 3.80. The molecule has 0 spiro atoms. The molecule has 2 amide bonds. The second kappa shape index (κ2) is 7.13. The van der Waals surface area contributed by atoms with Gasteiger partial charge < -0.3 is 10.2 Å². The standard InChI is InChI=1S/C15H18N4O2S/c1-4-12-14(22-18-17-12)15(21)19(3)9-13(20)16-11-7-5-10(2)6-8-11/h5-8H,4,9H2,1-3H3,(H,16,20). The molecule has 0 unspecified atom stereocenters. The van der Waals surface area contributed by atoms with Crippen molar-refractivity contribution in [2.45, 2.75) is 20.3 Å². The fourth-order valence-corrected chi connectivity index (χ4v) is 2.65. The van der Waals surface area contributed by atoms with Crippen molar-refractivity contribution in [3.8, 4) is 0 Å². The van der Waals surface area contributed by atoms with Gasteiger partial charge >= 0.3 is 0 Å². The van der Waals surface area contributed by atoms with E-state index in [1.807, 2.05) is 38.1 Å². The van der Waals surface area contributed by atoms with E-state index in [0.717, 1.165) is 17.1 Å². The molecule has 1 N–H and O–H groups in total. The highest BCUT2D eigenvalue weighted by Crippen LogP contribution is 2.14. The fourth-order valence-electron chi connectivity index (χ4n) is 1.90. The average Bonchev–Trinajstić information content (AvgIpc) is 2.97. The van der Waals surface area contributed by atoms with E-state index in [-0.39, 0.29) is 18.4 Å². The second-order valence-corrected chi connectivity index (χ2v) is 5.73. The molecule has 0 fully saturated rings. The van der Waals surface area contributed by atoms with E-state index in [0.29, 0.717) is 22.7 Å². The Morgan fingerprint density at radius 3 is 2.59 bits per heavy atom. The summed E-state index contributed by atoms with van der Waals surface area (Å²) in [5.74, 6) is -0.471. The van der Waals surface area contributed by atoms with Crippen molar-refractivity contribution < 1.29 is 9.59 Å². The molecule has 22 heavy (non-hydrogen) atoms. The van der Waals surface area contributed by atoms with Crippen LogP contribution in [0.5, 0.6) is 0 Å². The molecule has 6 nitrogen and oxygen atoms in total. The van der Waals surface area contributed by atoms with Crippen LogP contribution in [0, 0.1) is 6.92 Å². The van der Waals surface area contributed by atoms with Gasteiger partial charge in [-0.3, -0.25) is 9.59 Å². The van der Waals surface area contributed by atoms with Crippen LogP contribution in [0.2, 0.25) is 0 Å². The van der Waals surface area contributed by atoms with Gasteiger partial charge in [-0.15, -0.1) is 5.10 Å². The number of nitrogens with zero attached hydrogens (tertiary/aromatic N) is 3. The van der Waals surface area contributed by atoms with Gasteiger partial charge in [-0.05, 0) is 37.0 Å². The number of nitrogens with one attached hydrogen (secondary N) is 1. The Morgan fingerprint density at radius 2 is 1.95 bits per heavy atom. The molecule has 0 aliphatic heterocycles. The van der Waals surface area contributed by atoms with Crippen molar-refractivity contribution in [3.05, 3.63) is 40.4 Å². The molecule has 116 valence electrons. The first kappa shape index (κ1) is 16.1. The molecule has 0 radical (unpaired) electrons. The van der Waals surface area contributed by atoms with Gasteiger partial charge in [-0.1, -0.05) is 29.1 Å². The van der Waals surface area contributed by atoms with Crippen LogP contribution in [0.3, 0.4) is 0 Å². The number of aryl methyl sites for hydroxylation is 2. The summed E-state index contributed by atoms with van der Waals surface area (Å²) in [7, 11) is 1.59. The number of amides is 2. The SMILES string of the molecule is CCc1nnsc1C(=O)N(C)CC(=O)Nc1ccc(C)cc1. The molecule has 2 aromatic rings. The number of rotatable bonds is 5. The van der Waals surface area contributed by atoms with E-state index in [9.17, 15) is 9.59 Å². The van der Waals surface area contributed by atoms with Crippen LogP contribution in [0.25, 0.3) is 0 Å². The van der Waals surface area contributed by atoms with Crippen molar-refractivity contribution in [1.82, 2.24) is 14.5 Å². The normalized spacial score (nSPS) is 10.3. The zero-order valence-electron chi connectivity index (χ0n) is 12.8. The predicted octanol–water partition coefficient (Wildman–Crippen LogP) is 2.12. The zero-order valence-corrected chi connectivity index (χ0v) is 13.6. The molecule has 1 aromatic carbocycles. The maximum atomic E-state index is 12.3. The molecule has 1 heterocycles. The van der Waals surface area contributed by atoms with Gasteiger partial charge in [0.2, 0.25) is 5.91 Å². The summed E-state index contributed by atoms with van der Waals surface area (Å²) >= 11 is 1.06. The molecule has 7 heteroatoms. The van der Waals surface area contributed by atoms with Crippen molar-refractivity contribution in [3.63, 3.8) is 0 Å². The van der Waals surface area contributed by atoms with Crippen molar-refractivity contribution in [2.75, 3.05) is 18.9 Å². The maximum Gasteiger partial charge on any atom is 0.267 e. The van der Waals surface area contributed by atoms with Gasteiger partial charge in [0.15, 0.2) is 0 Å². The van der Waals surface area contributed by atoms with E-state index in [1.54, 1.807) is 7.05 Å². The maximum absolute atomic E-state index is 12.3. The van der Waals surface area contributed by atoms with Gasteiger partial charge in [-0.2, -0.15) is 0 Å². The topological polar surface area (TPSA) is 75.2 Å². The van der Waals surface area contributed by atoms with Gasteiger partial charge in [0.25, 0.3) is 5.91 Å². The molecule has 0 bridgehead atoms. The third-order valence-electron chi connectivity index (χ3n) is 3.15. The van der Waals surface area contributed by atoms with Crippen LogP contribution in [0.4, 0.5) is 5.69 Å². The van der Waals surface area contributed by atoms with Gasteiger partial charge in [0.05, 0.1) is 12.2 Å². The first-order valence-electron chi connectivity index (χ1n) is 6.94. The van der Waals surface area contributed by atoms with Crippen LogP contribution >= 0.6 is 11.5 Å². The molecule has 0 saturated heterocycles. The van der Waals surface area contributed by atoms with Gasteiger partial charge in [-0.25, -0.2) is 0 Å². The van der Waals surface area contributed by atoms with E-state index in [4.69, 9.17) is 0 Å². The van der Waals surface area contributed by atoms with E-state index in [2.05, 4.69) is 14.9 Å². The summed E-state index contributed by atoms with van der Waals surface area (Å²) in [6, 6.07) is 7.50. The second-order valence-electron chi connectivity index (χ2n) is 4.98. The van der Waals surface area contributed by atoms with Crippen LogP contribution in [-0.2, 0) is 11.2 Å². The molecular formula is C15H18N4O2S. The molecule has 0 aliphatic carbocycles. The largest absolute Gasteiger partial charge is 0.332 e. The monoisotopic (exact) mass is 318 g/mol. The number of benzene rings is 1. The lowest BCUT2D eigenvalue weighted by Gasteiger charge is -2.16. The molecule has 0 atom stereocenters. The van der Waals surface area contributed by atoms with Crippen LogP contribution in [0.1, 0.15) is 27.9 Å². The Balaban J connectivity index is 1.96. The quantitative estimate of drug-likeness (QED) is 0.916. The minimum absolute atomic E-state index is 0.0201. The van der Waals surface area contributed by atoms with E-state index < -0.39 is 0 Å². The number of likely N-dealkylation sites (N-methyl/N-ethyl adjacent to an activating group) is 1. The minimum atomic E-state index is -0.241. The number of carbonyl (C=O) groups is 2. The fraction of sp³-hybridized carbons (Fsp3) is 0.333. The lowest BCUT2D eigenvalue weighted by atomic mass is 10.2. The van der Waals surface area contributed by atoms with Crippen molar-refractivity contribution in [2.24, 2.45) is 0 Å². The van der Waals surface area contributed by atoms with Crippen LogP contribution in [-0.4, -0.2) is 39.9 Å². The van der Waals surface area contributed by atoms with Crippen LogP contribution < -0.4 is 5.32 Å².